The van der Waals surface area contributed by atoms with Crippen molar-refractivity contribution >= 4 is 15.9 Å². The Hall–Kier alpha value is -0.450. The van der Waals surface area contributed by atoms with E-state index in [-0.39, 0.29) is 11.4 Å². The number of piperazine rings is 1. The third kappa shape index (κ3) is 3.76. The summed E-state index contributed by atoms with van der Waals surface area (Å²) < 4.78 is 14.1. The fraction of sp³-hybridized carbons (Fsp3) is 0.538. The molecule has 2 rings (SSSR count). The molecule has 2 nitrogen and oxygen atoms in total. The molecule has 1 aliphatic rings. The van der Waals surface area contributed by atoms with Crippen LogP contribution < -0.4 is 5.32 Å². The molecule has 1 aliphatic heterocycles. The van der Waals surface area contributed by atoms with Crippen LogP contribution in [0.2, 0.25) is 0 Å². The highest BCUT2D eigenvalue weighted by Crippen LogP contribution is 2.18. The lowest BCUT2D eigenvalue weighted by atomic mass is 10.0. The Morgan fingerprint density at radius 2 is 2.18 bits per heavy atom. The molecular weight excluding hydrogens is 283 g/mol. The van der Waals surface area contributed by atoms with Crippen molar-refractivity contribution in [3.8, 4) is 0 Å². The second kappa shape index (κ2) is 5.04. The molecular formula is C13H18BrFN2. The zero-order chi connectivity index (χ0) is 12.5. The van der Waals surface area contributed by atoms with Crippen molar-refractivity contribution in [2.24, 2.45) is 0 Å². The minimum atomic E-state index is -0.177. The zero-order valence-corrected chi connectivity index (χ0v) is 11.8. The Labute approximate surface area is 110 Å². The van der Waals surface area contributed by atoms with Crippen LogP contribution >= 0.6 is 15.9 Å². The van der Waals surface area contributed by atoms with Crippen molar-refractivity contribution in [2.75, 3.05) is 19.6 Å². The van der Waals surface area contributed by atoms with Crippen LogP contribution in [0.25, 0.3) is 0 Å². The van der Waals surface area contributed by atoms with Gasteiger partial charge in [0.15, 0.2) is 0 Å². The summed E-state index contributed by atoms with van der Waals surface area (Å²) in [4.78, 5) is 2.36. The van der Waals surface area contributed by atoms with Gasteiger partial charge in [-0.1, -0.05) is 15.9 Å². The second-order valence-corrected chi connectivity index (χ2v) is 6.21. The first kappa shape index (κ1) is 13.0. The van der Waals surface area contributed by atoms with E-state index in [2.05, 4.69) is 40.0 Å². The van der Waals surface area contributed by atoms with Crippen LogP contribution in [-0.4, -0.2) is 30.1 Å². The van der Waals surface area contributed by atoms with E-state index in [4.69, 9.17) is 0 Å². The lowest BCUT2D eigenvalue weighted by Crippen LogP contribution is -2.56. The Morgan fingerprint density at radius 3 is 2.82 bits per heavy atom. The molecule has 1 N–H and O–H groups in total. The Bertz CT molecular complexity index is 386. The maximum Gasteiger partial charge on any atom is 0.124 e. The maximum absolute atomic E-state index is 13.3. The van der Waals surface area contributed by atoms with Gasteiger partial charge in [0.25, 0.3) is 0 Å². The number of halogens is 2. The standard InChI is InChI=1S/C13H18BrFN2/c1-13(2)9-17(4-3-16-13)8-10-5-11(14)7-12(15)6-10/h5-7,16H,3-4,8-9H2,1-2H3. The molecule has 0 radical (unpaired) electrons. The van der Waals surface area contributed by atoms with Crippen molar-refractivity contribution in [3.63, 3.8) is 0 Å². The molecule has 17 heavy (non-hydrogen) atoms. The summed E-state index contributed by atoms with van der Waals surface area (Å²) in [5.41, 5.74) is 1.16. The molecule has 1 aromatic carbocycles. The highest BCUT2D eigenvalue weighted by Gasteiger charge is 2.25. The Balaban J connectivity index is 2.05. The van der Waals surface area contributed by atoms with Crippen LogP contribution in [0.4, 0.5) is 4.39 Å². The molecule has 0 bridgehead atoms. The van der Waals surface area contributed by atoms with Gasteiger partial charge < -0.3 is 5.32 Å². The quantitative estimate of drug-likeness (QED) is 0.903. The van der Waals surface area contributed by atoms with Crippen LogP contribution in [0.5, 0.6) is 0 Å². The van der Waals surface area contributed by atoms with E-state index in [0.717, 1.165) is 36.2 Å². The molecule has 0 atom stereocenters. The number of hydrogen-bond acceptors (Lipinski definition) is 2. The van der Waals surface area contributed by atoms with Gasteiger partial charge in [-0.25, -0.2) is 4.39 Å². The first-order valence-electron chi connectivity index (χ1n) is 5.87. The van der Waals surface area contributed by atoms with Crippen LogP contribution in [0.3, 0.4) is 0 Å². The topological polar surface area (TPSA) is 15.3 Å². The van der Waals surface area contributed by atoms with Gasteiger partial charge in [0, 0.05) is 36.2 Å². The first-order valence-corrected chi connectivity index (χ1v) is 6.66. The molecule has 1 fully saturated rings. The van der Waals surface area contributed by atoms with E-state index in [1.165, 1.54) is 6.07 Å². The van der Waals surface area contributed by atoms with Crippen LogP contribution in [0.1, 0.15) is 19.4 Å². The smallest absolute Gasteiger partial charge is 0.124 e. The fourth-order valence-corrected chi connectivity index (χ4v) is 2.85. The Kier molecular flexibility index (Phi) is 3.85. The van der Waals surface area contributed by atoms with E-state index >= 15 is 0 Å². The van der Waals surface area contributed by atoms with Crippen molar-refractivity contribution < 1.29 is 4.39 Å². The number of hydrogen-bond donors (Lipinski definition) is 1. The summed E-state index contributed by atoms with van der Waals surface area (Å²) in [5, 5.41) is 3.47. The molecule has 0 amide bonds. The van der Waals surface area contributed by atoms with Gasteiger partial charge in [-0.15, -0.1) is 0 Å². The molecule has 1 aromatic rings. The minimum Gasteiger partial charge on any atom is -0.309 e. The molecule has 1 saturated heterocycles. The van der Waals surface area contributed by atoms with Crippen LogP contribution in [-0.2, 0) is 6.54 Å². The summed E-state index contributed by atoms with van der Waals surface area (Å²) in [6.45, 7) is 8.19. The molecule has 0 aromatic heterocycles. The van der Waals surface area contributed by atoms with Gasteiger partial charge in [0.2, 0.25) is 0 Å². The molecule has 94 valence electrons. The van der Waals surface area contributed by atoms with Gasteiger partial charge in [-0.3, -0.25) is 4.90 Å². The zero-order valence-electron chi connectivity index (χ0n) is 10.3. The average molecular weight is 301 g/mol. The van der Waals surface area contributed by atoms with E-state index in [0.29, 0.717) is 0 Å². The molecule has 0 saturated carbocycles. The van der Waals surface area contributed by atoms with E-state index < -0.39 is 0 Å². The molecule has 0 unspecified atom stereocenters. The lowest BCUT2D eigenvalue weighted by Gasteiger charge is -2.39. The SMILES string of the molecule is CC1(C)CN(Cc2cc(F)cc(Br)c2)CCN1. The van der Waals surface area contributed by atoms with Crippen LogP contribution in [0.15, 0.2) is 22.7 Å². The average Bonchev–Trinajstić information content (AvgIpc) is 2.13. The van der Waals surface area contributed by atoms with Crippen molar-refractivity contribution in [1.29, 1.82) is 0 Å². The minimum absolute atomic E-state index is 0.142. The van der Waals surface area contributed by atoms with Gasteiger partial charge in [-0.2, -0.15) is 0 Å². The van der Waals surface area contributed by atoms with Gasteiger partial charge in [0.05, 0.1) is 0 Å². The summed E-state index contributed by atoms with van der Waals surface area (Å²) in [6, 6.07) is 5.09. The Morgan fingerprint density at radius 1 is 1.41 bits per heavy atom. The largest absolute Gasteiger partial charge is 0.309 e. The van der Waals surface area contributed by atoms with E-state index in [1.807, 2.05) is 6.07 Å². The second-order valence-electron chi connectivity index (χ2n) is 5.30. The third-order valence-electron chi connectivity index (χ3n) is 2.98. The van der Waals surface area contributed by atoms with Crippen molar-refractivity contribution in [3.05, 3.63) is 34.1 Å². The van der Waals surface area contributed by atoms with Gasteiger partial charge >= 0.3 is 0 Å². The van der Waals surface area contributed by atoms with Gasteiger partial charge in [0.1, 0.15) is 5.82 Å². The third-order valence-corrected chi connectivity index (χ3v) is 3.44. The van der Waals surface area contributed by atoms with Gasteiger partial charge in [-0.05, 0) is 37.6 Å². The number of benzene rings is 1. The number of nitrogens with zero attached hydrogens (tertiary/aromatic N) is 1. The normalized spacial score (nSPS) is 20.5. The maximum atomic E-state index is 13.3. The monoisotopic (exact) mass is 300 g/mol. The molecule has 0 spiro atoms. The van der Waals surface area contributed by atoms with E-state index in [9.17, 15) is 4.39 Å². The molecule has 4 heteroatoms. The number of nitrogens with one attached hydrogen (secondary N) is 1. The van der Waals surface area contributed by atoms with Crippen LogP contribution in [0, 0.1) is 5.82 Å². The highest BCUT2D eigenvalue weighted by atomic mass is 79.9. The highest BCUT2D eigenvalue weighted by molar-refractivity contribution is 9.10. The predicted molar refractivity (Wildman–Crippen MR) is 71.5 cm³/mol. The number of rotatable bonds is 2. The van der Waals surface area contributed by atoms with Crippen molar-refractivity contribution in [1.82, 2.24) is 10.2 Å². The predicted octanol–water partition coefficient (Wildman–Crippen LogP) is 2.77. The fourth-order valence-electron chi connectivity index (χ4n) is 2.34. The first-order chi connectivity index (χ1) is 7.94. The molecule has 1 heterocycles. The summed E-state index contributed by atoms with van der Waals surface area (Å²) in [5.74, 6) is -0.177. The van der Waals surface area contributed by atoms with E-state index in [1.54, 1.807) is 6.07 Å². The molecule has 0 aliphatic carbocycles. The summed E-state index contributed by atoms with van der Waals surface area (Å²) in [7, 11) is 0. The lowest BCUT2D eigenvalue weighted by molar-refractivity contribution is 0.148. The summed E-state index contributed by atoms with van der Waals surface area (Å²) >= 11 is 3.33. The summed E-state index contributed by atoms with van der Waals surface area (Å²) in [6.07, 6.45) is 0. The van der Waals surface area contributed by atoms with Crippen molar-refractivity contribution in [2.45, 2.75) is 25.9 Å².